The Labute approximate surface area is 122 Å². The van der Waals surface area contributed by atoms with Gasteiger partial charge in [-0.3, -0.25) is 4.72 Å². The second kappa shape index (κ2) is 5.65. The minimum Gasteiger partial charge on any atom is -0.279 e. The van der Waals surface area contributed by atoms with Crippen molar-refractivity contribution in [1.29, 1.82) is 0 Å². The topological polar surface area (TPSA) is 101 Å². The predicted molar refractivity (Wildman–Crippen MR) is 78.7 cm³/mol. The molecule has 0 saturated carbocycles. The lowest BCUT2D eigenvalue weighted by molar-refractivity contribution is 0.600. The Morgan fingerprint density at radius 1 is 1.19 bits per heavy atom. The first-order chi connectivity index (χ1) is 10.2. The van der Waals surface area contributed by atoms with Crippen LogP contribution < -0.4 is 4.72 Å². The van der Waals surface area contributed by atoms with Crippen molar-refractivity contribution >= 4 is 15.7 Å². The normalized spacial score (nSPS) is 15.5. The van der Waals surface area contributed by atoms with Gasteiger partial charge >= 0.3 is 0 Å². The summed E-state index contributed by atoms with van der Waals surface area (Å²) in [4.78, 5) is 0.455. The standard InChI is InChI=1S/C13H15N5O2S/c19-21(20,10-6-2-1-3-7-10)16-12-9-5-4-8-11(12)13-14-17-18-15-13/h4-6,8-9,16H,1-3,7H2,(H,14,15,17,18). The van der Waals surface area contributed by atoms with Crippen LogP contribution in [0, 0.1) is 0 Å². The molecule has 1 heterocycles. The van der Waals surface area contributed by atoms with Gasteiger partial charge in [-0.15, -0.1) is 10.2 Å². The van der Waals surface area contributed by atoms with Crippen molar-refractivity contribution in [2.45, 2.75) is 25.7 Å². The van der Waals surface area contributed by atoms with Crippen LogP contribution in [0.2, 0.25) is 0 Å². The van der Waals surface area contributed by atoms with Crippen molar-refractivity contribution in [3.63, 3.8) is 0 Å². The van der Waals surface area contributed by atoms with E-state index in [9.17, 15) is 8.42 Å². The van der Waals surface area contributed by atoms with E-state index in [1.807, 2.05) is 0 Å². The molecule has 1 aliphatic rings. The summed E-state index contributed by atoms with van der Waals surface area (Å²) >= 11 is 0. The highest BCUT2D eigenvalue weighted by Crippen LogP contribution is 2.28. The monoisotopic (exact) mass is 305 g/mol. The number of benzene rings is 1. The molecule has 2 N–H and O–H groups in total. The highest BCUT2D eigenvalue weighted by molar-refractivity contribution is 7.96. The molecule has 1 aliphatic carbocycles. The lowest BCUT2D eigenvalue weighted by atomic mass is 10.1. The van der Waals surface area contributed by atoms with E-state index < -0.39 is 10.0 Å². The summed E-state index contributed by atoms with van der Waals surface area (Å²) in [6, 6.07) is 6.99. The molecule has 0 spiro atoms. The predicted octanol–water partition coefficient (Wildman–Crippen LogP) is 2.07. The molecule has 0 bridgehead atoms. The molecule has 110 valence electrons. The Hall–Kier alpha value is -2.22. The summed E-state index contributed by atoms with van der Waals surface area (Å²) in [5.74, 6) is 0.353. The van der Waals surface area contributed by atoms with Gasteiger partial charge in [0.05, 0.1) is 10.6 Å². The number of anilines is 1. The molecule has 0 radical (unpaired) electrons. The molecule has 0 saturated heterocycles. The summed E-state index contributed by atoms with van der Waals surface area (Å²) in [5, 5.41) is 13.6. The van der Waals surface area contributed by atoms with Crippen molar-refractivity contribution in [3.8, 4) is 11.4 Å². The third-order valence-corrected chi connectivity index (χ3v) is 4.90. The van der Waals surface area contributed by atoms with E-state index >= 15 is 0 Å². The molecule has 1 aromatic heterocycles. The maximum atomic E-state index is 12.4. The molecular formula is C13H15N5O2S. The van der Waals surface area contributed by atoms with Crippen LogP contribution in [0.1, 0.15) is 25.7 Å². The number of nitrogens with one attached hydrogen (secondary N) is 2. The van der Waals surface area contributed by atoms with Gasteiger partial charge in [-0.25, -0.2) is 8.42 Å². The molecule has 7 nitrogen and oxygen atoms in total. The number of rotatable bonds is 4. The summed E-state index contributed by atoms with van der Waals surface area (Å²) in [5.41, 5.74) is 1.04. The van der Waals surface area contributed by atoms with Crippen LogP contribution >= 0.6 is 0 Å². The first kappa shape index (κ1) is 13.7. The number of hydrogen-bond donors (Lipinski definition) is 2. The highest BCUT2D eigenvalue weighted by atomic mass is 32.2. The molecule has 0 amide bonds. The third-order valence-electron chi connectivity index (χ3n) is 3.35. The number of allylic oxidation sites excluding steroid dienone is 2. The minimum atomic E-state index is -3.53. The molecule has 8 heteroatoms. The maximum Gasteiger partial charge on any atom is 0.257 e. The number of nitrogens with zero attached hydrogens (tertiary/aromatic N) is 3. The van der Waals surface area contributed by atoms with Crippen molar-refractivity contribution in [2.24, 2.45) is 0 Å². The van der Waals surface area contributed by atoms with Crippen LogP contribution in [0.5, 0.6) is 0 Å². The molecule has 21 heavy (non-hydrogen) atoms. The average molecular weight is 305 g/mol. The molecular weight excluding hydrogens is 290 g/mol. The second-order valence-corrected chi connectivity index (χ2v) is 6.54. The van der Waals surface area contributed by atoms with Gasteiger partial charge in [-0.1, -0.05) is 18.2 Å². The Bertz CT molecular complexity index is 753. The summed E-state index contributed by atoms with van der Waals surface area (Å²) < 4.78 is 27.5. The molecule has 1 aromatic carbocycles. The first-order valence-corrected chi connectivity index (χ1v) is 8.20. The van der Waals surface area contributed by atoms with Gasteiger partial charge in [0.25, 0.3) is 10.0 Å². The number of H-pyrrole nitrogens is 1. The van der Waals surface area contributed by atoms with E-state index in [2.05, 4.69) is 25.3 Å². The van der Waals surface area contributed by atoms with Crippen molar-refractivity contribution in [2.75, 3.05) is 4.72 Å². The van der Waals surface area contributed by atoms with Crippen molar-refractivity contribution in [1.82, 2.24) is 20.6 Å². The number of hydrogen-bond acceptors (Lipinski definition) is 5. The molecule has 0 aliphatic heterocycles. The Morgan fingerprint density at radius 2 is 2.05 bits per heavy atom. The fourth-order valence-corrected chi connectivity index (χ4v) is 3.66. The molecule has 3 rings (SSSR count). The van der Waals surface area contributed by atoms with Crippen LogP contribution in [0.15, 0.2) is 35.2 Å². The average Bonchev–Trinajstić information content (AvgIpc) is 3.02. The summed E-state index contributed by atoms with van der Waals surface area (Å²) in [6.07, 6.45) is 5.13. The van der Waals surface area contributed by atoms with E-state index in [-0.39, 0.29) is 0 Å². The van der Waals surface area contributed by atoms with Gasteiger partial charge in [0.1, 0.15) is 0 Å². The largest absolute Gasteiger partial charge is 0.279 e. The summed E-state index contributed by atoms with van der Waals surface area (Å²) in [7, 11) is -3.53. The third kappa shape index (κ3) is 2.94. The summed E-state index contributed by atoms with van der Waals surface area (Å²) in [6.45, 7) is 0. The van der Waals surface area contributed by atoms with Crippen molar-refractivity contribution in [3.05, 3.63) is 35.2 Å². The van der Waals surface area contributed by atoms with Gasteiger partial charge in [-0.2, -0.15) is 5.21 Å². The number of sulfonamides is 1. The van der Waals surface area contributed by atoms with Gasteiger partial charge in [-0.05, 0) is 43.0 Å². The van der Waals surface area contributed by atoms with Crippen molar-refractivity contribution < 1.29 is 8.42 Å². The number of tetrazole rings is 1. The van der Waals surface area contributed by atoms with Gasteiger partial charge in [0, 0.05) is 5.56 Å². The minimum absolute atomic E-state index is 0.353. The number of aromatic nitrogens is 4. The first-order valence-electron chi connectivity index (χ1n) is 6.71. The van der Waals surface area contributed by atoms with Crippen LogP contribution in [-0.2, 0) is 10.0 Å². The van der Waals surface area contributed by atoms with Gasteiger partial charge in [0.2, 0.25) is 5.82 Å². The Kier molecular flexibility index (Phi) is 3.70. The zero-order valence-electron chi connectivity index (χ0n) is 11.3. The Balaban J connectivity index is 1.94. The number of para-hydroxylation sites is 1. The van der Waals surface area contributed by atoms with Crippen LogP contribution in [-0.4, -0.2) is 29.0 Å². The SMILES string of the molecule is O=S(=O)(Nc1ccccc1-c1nn[nH]n1)C1=CCCCC1. The lowest BCUT2D eigenvalue weighted by Crippen LogP contribution is -2.17. The fraction of sp³-hybridized carbons (Fsp3) is 0.308. The van der Waals surface area contributed by atoms with E-state index in [4.69, 9.17) is 0 Å². The van der Waals surface area contributed by atoms with Crippen LogP contribution in [0.4, 0.5) is 5.69 Å². The smallest absolute Gasteiger partial charge is 0.257 e. The molecule has 0 unspecified atom stereocenters. The van der Waals surface area contributed by atoms with E-state index in [1.54, 1.807) is 30.3 Å². The van der Waals surface area contributed by atoms with E-state index in [0.29, 0.717) is 28.4 Å². The molecule has 2 aromatic rings. The quantitative estimate of drug-likeness (QED) is 0.900. The van der Waals surface area contributed by atoms with E-state index in [0.717, 1.165) is 19.3 Å². The highest BCUT2D eigenvalue weighted by Gasteiger charge is 2.21. The maximum absolute atomic E-state index is 12.4. The number of aromatic amines is 1. The van der Waals surface area contributed by atoms with Gasteiger partial charge in [0.15, 0.2) is 0 Å². The lowest BCUT2D eigenvalue weighted by Gasteiger charge is -2.16. The van der Waals surface area contributed by atoms with Gasteiger partial charge < -0.3 is 0 Å². The van der Waals surface area contributed by atoms with Crippen LogP contribution in [0.25, 0.3) is 11.4 Å². The zero-order valence-corrected chi connectivity index (χ0v) is 12.1. The Morgan fingerprint density at radius 3 is 2.76 bits per heavy atom. The zero-order chi connectivity index (χ0) is 14.7. The van der Waals surface area contributed by atoms with Crippen LogP contribution in [0.3, 0.4) is 0 Å². The fourth-order valence-electron chi connectivity index (χ4n) is 2.31. The second-order valence-electron chi connectivity index (χ2n) is 4.80. The molecule has 0 fully saturated rings. The molecule has 0 atom stereocenters. The van der Waals surface area contributed by atoms with E-state index in [1.165, 1.54) is 0 Å².